The zero-order valence-corrected chi connectivity index (χ0v) is 20.1. The van der Waals surface area contributed by atoms with Crippen molar-refractivity contribution in [3.63, 3.8) is 0 Å². The molecule has 0 aliphatic carbocycles. The maximum Gasteiger partial charge on any atom is 0.443 e. The molecule has 0 radical (unpaired) electrons. The van der Waals surface area contributed by atoms with Crippen LogP contribution in [-0.2, 0) is 34.0 Å². The lowest BCUT2D eigenvalue weighted by molar-refractivity contribution is -0.344. The molecule has 194 valence electrons. The molecule has 0 aliphatic rings. The average molecular weight is 517 g/mol. The van der Waals surface area contributed by atoms with Crippen LogP contribution in [0.3, 0.4) is 0 Å². The fraction of sp³-hybridized carbons (Fsp3) is 0.0690. The first-order valence-corrected chi connectivity index (χ1v) is 11.1. The summed E-state index contributed by atoms with van der Waals surface area (Å²) in [4.78, 5) is 38.3. The summed E-state index contributed by atoms with van der Waals surface area (Å²) in [5, 5.41) is 30.1. The highest BCUT2D eigenvalue weighted by molar-refractivity contribution is 5.86. The van der Waals surface area contributed by atoms with Crippen LogP contribution in [0.15, 0.2) is 111 Å². The normalized spacial score (nSPS) is 11.1. The molecule has 9 heteroatoms. The van der Waals surface area contributed by atoms with E-state index in [1.54, 1.807) is 0 Å². The molecule has 0 amide bonds. The third-order valence-electron chi connectivity index (χ3n) is 5.57. The minimum absolute atomic E-state index is 0.126. The van der Waals surface area contributed by atoms with Gasteiger partial charge in [0.05, 0.1) is 0 Å². The number of phenolic OH excluding ortho intramolecular Hbond substituents is 3. The molecule has 0 atom stereocenters. The van der Waals surface area contributed by atoms with Gasteiger partial charge in [-0.05, 0) is 53.1 Å². The van der Waals surface area contributed by atoms with Crippen LogP contribution in [-0.4, -0.2) is 39.2 Å². The minimum Gasteiger partial charge on any atom is -0.508 e. The molecule has 0 bridgehead atoms. The maximum atomic E-state index is 12.8. The highest BCUT2D eigenvalue weighted by atomic mass is 16.9. The number of hydrogen-bond donors (Lipinski definition) is 3. The molecule has 3 aromatic rings. The van der Waals surface area contributed by atoms with E-state index in [1.807, 2.05) is 0 Å². The Morgan fingerprint density at radius 2 is 0.763 bits per heavy atom. The Hall–Kier alpha value is -5.31. The first kappa shape index (κ1) is 27.3. The van der Waals surface area contributed by atoms with Gasteiger partial charge < -0.3 is 29.5 Å². The molecule has 0 fully saturated rings. The van der Waals surface area contributed by atoms with Gasteiger partial charge in [-0.2, -0.15) is 0 Å². The van der Waals surface area contributed by atoms with Gasteiger partial charge in [0.25, 0.3) is 0 Å². The van der Waals surface area contributed by atoms with Gasteiger partial charge in [0.2, 0.25) is 0 Å². The third kappa shape index (κ3) is 5.12. The number of phenols is 3. The summed E-state index contributed by atoms with van der Waals surface area (Å²) in [6.45, 7) is 10.2. The summed E-state index contributed by atoms with van der Waals surface area (Å²) in [5.41, 5.74) is -1.47. The molecule has 0 spiro atoms. The van der Waals surface area contributed by atoms with E-state index in [9.17, 15) is 29.7 Å². The Labute approximate surface area is 218 Å². The summed E-state index contributed by atoms with van der Waals surface area (Å²) in [6, 6.07) is 16.4. The van der Waals surface area contributed by atoms with Crippen LogP contribution in [0.2, 0.25) is 0 Å². The Bertz CT molecular complexity index is 1190. The predicted octanol–water partition coefficient (Wildman–Crippen LogP) is 3.98. The average Bonchev–Trinajstić information content (AvgIpc) is 2.91. The van der Waals surface area contributed by atoms with Crippen LogP contribution >= 0.6 is 0 Å². The number of carbonyl (C=O) groups excluding carboxylic acids is 3. The molecule has 0 aromatic heterocycles. The standard InChI is InChI=1S/C29H24O9/c1-4-25(33)36-29(37-26(34)5-2,38-27(35)6-3)28(19-7-13-22(30)14-8-19,20-9-15-23(31)16-10-20)21-11-17-24(32)18-12-21/h4-18,30-32H,1-3H2. The number of carbonyl (C=O) groups is 3. The lowest BCUT2D eigenvalue weighted by Gasteiger charge is -2.46. The van der Waals surface area contributed by atoms with Gasteiger partial charge in [-0.3, -0.25) is 0 Å². The fourth-order valence-electron chi connectivity index (χ4n) is 3.98. The van der Waals surface area contributed by atoms with Gasteiger partial charge in [0, 0.05) is 18.2 Å². The molecule has 0 unspecified atom stereocenters. The van der Waals surface area contributed by atoms with E-state index in [4.69, 9.17) is 14.2 Å². The van der Waals surface area contributed by atoms with E-state index in [2.05, 4.69) is 19.7 Å². The van der Waals surface area contributed by atoms with Crippen LogP contribution in [0, 0.1) is 0 Å². The van der Waals surface area contributed by atoms with Crippen molar-refractivity contribution in [2.24, 2.45) is 0 Å². The van der Waals surface area contributed by atoms with E-state index in [-0.39, 0.29) is 33.9 Å². The van der Waals surface area contributed by atoms with Gasteiger partial charge in [-0.25, -0.2) is 14.4 Å². The Kier molecular flexibility index (Phi) is 8.02. The minimum atomic E-state index is -2.93. The highest BCUT2D eigenvalue weighted by Gasteiger charge is 2.65. The van der Waals surface area contributed by atoms with Crippen LogP contribution < -0.4 is 0 Å². The van der Waals surface area contributed by atoms with Gasteiger partial charge in [0.15, 0.2) is 5.41 Å². The van der Waals surface area contributed by atoms with Crippen molar-refractivity contribution >= 4 is 17.9 Å². The summed E-state index contributed by atoms with van der Waals surface area (Å²) < 4.78 is 16.9. The summed E-state index contributed by atoms with van der Waals surface area (Å²) in [5.74, 6) is -6.73. The zero-order valence-electron chi connectivity index (χ0n) is 20.1. The van der Waals surface area contributed by atoms with Crippen LogP contribution in [0.1, 0.15) is 16.7 Å². The van der Waals surface area contributed by atoms with Crippen LogP contribution in [0.5, 0.6) is 17.2 Å². The molecule has 9 nitrogen and oxygen atoms in total. The second-order valence-electron chi connectivity index (χ2n) is 7.82. The molecular weight excluding hydrogens is 492 g/mol. The van der Waals surface area contributed by atoms with Crippen molar-refractivity contribution in [2.45, 2.75) is 11.4 Å². The van der Waals surface area contributed by atoms with Gasteiger partial charge in [0.1, 0.15) is 17.2 Å². The summed E-state index contributed by atoms with van der Waals surface area (Å²) >= 11 is 0. The smallest absolute Gasteiger partial charge is 0.443 e. The summed E-state index contributed by atoms with van der Waals surface area (Å²) in [7, 11) is 0. The molecule has 38 heavy (non-hydrogen) atoms. The largest absolute Gasteiger partial charge is 0.508 e. The Balaban J connectivity index is 2.64. The van der Waals surface area contributed by atoms with Crippen molar-refractivity contribution in [1.82, 2.24) is 0 Å². The van der Waals surface area contributed by atoms with E-state index in [0.717, 1.165) is 18.2 Å². The van der Waals surface area contributed by atoms with Crippen molar-refractivity contribution in [2.75, 3.05) is 0 Å². The molecule has 0 heterocycles. The molecular formula is C29H24O9. The predicted molar refractivity (Wildman–Crippen MR) is 136 cm³/mol. The molecule has 3 aromatic carbocycles. The van der Waals surface area contributed by atoms with E-state index in [1.165, 1.54) is 72.8 Å². The number of ether oxygens (including phenoxy) is 3. The molecule has 3 rings (SSSR count). The second-order valence-corrected chi connectivity index (χ2v) is 7.82. The monoisotopic (exact) mass is 516 g/mol. The number of hydrogen-bond acceptors (Lipinski definition) is 9. The first-order valence-electron chi connectivity index (χ1n) is 11.1. The Morgan fingerprint density at radius 3 is 0.974 bits per heavy atom. The van der Waals surface area contributed by atoms with E-state index < -0.39 is 29.3 Å². The fourth-order valence-corrected chi connectivity index (χ4v) is 3.98. The molecule has 0 aliphatic heterocycles. The van der Waals surface area contributed by atoms with Crippen LogP contribution in [0.25, 0.3) is 0 Å². The number of esters is 3. The second kappa shape index (κ2) is 11.2. The third-order valence-corrected chi connectivity index (χ3v) is 5.57. The van der Waals surface area contributed by atoms with E-state index in [0.29, 0.717) is 0 Å². The van der Waals surface area contributed by atoms with Crippen molar-refractivity contribution in [1.29, 1.82) is 0 Å². The number of benzene rings is 3. The number of rotatable bonds is 10. The van der Waals surface area contributed by atoms with Gasteiger partial charge in [-0.1, -0.05) is 56.1 Å². The lowest BCUT2D eigenvalue weighted by Crippen LogP contribution is -2.60. The SMILES string of the molecule is C=CC(=O)OC(OC(=O)C=C)(OC(=O)C=C)C(c1ccc(O)cc1)(c1ccc(O)cc1)c1ccc(O)cc1. The van der Waals surface area contributed by atoms with Crippen molar-refractivity contribution < 1.29 is 43.9 Å². The van der Waals surface area contributed by atoms with E-state index >= 15 is 0 Å². The lowest BCUT2D eigenvalue weighted by atomic mass is 9.67. The Morgan fingerprint density at radius 1 is 0.526 bits per heavy atom. The van der Waals surface area contributed by atoms with Crippen molar-refractivity contribution in [3.05, 3.63) is 127 Å². The topological polar surface area (TPSA) is 140 Å². The highest BCUT2D eigenvalue weighted by Crippen LogP contribution is 2.51. The van der Waals surface area contributed by atoms with Crippen LogP contribution in [0.4, 0.5) is 0 Å². The quantitative estimate of drug-likeness (QED) is 0.158. The van der Waals surface area contributed by atoms with Gasteiger partial charge >= 0.3 is 23.9 Å². The van der Waals surface area contributed by atoms with Gasteiger partial charge in [-0.15, -0.1) is 0 Å². The maximum absolute atomic E-state index is 12.8. The zero-order chi connectivity index (χ0) is 27.9. The number of aromatic hydroxyl groups is 3. The first-order chi connectivity index (χ1) is 18.1. The summed E-state index contributed by atoms with van der Waals surface area (Å²) in [6.07, 6.45) is 2.31. The molecule has 0 saturated heterocycles. The molecule has 0 saturated carbocycles. The molecule has 3 N–H and O–H groups in total. The van der Waals surface area contributed by atoms with Crippen molar-refractivity contribution in [3.8, 4) is 17.2 Å².